The third-order valence-corrected chi connectivity index (χ3v) is 3.13. The first-order chi connectivity index (χ1) is 12.5. The zero-order chi connectivity index (χ0) is 18.9. The molecule has 0 fully saturated rings. The minimum Gasteiger partial charge on any atom is -0.493 e. The topological polar surface area (TPSA) is 89.0 Å². The van der Waals surface area contributed by atoms with Crippen LogP contribution in [0.1, 0.15) is 12.5 Å². The van der Waals surface area contributed by atoms with Gasteiger partial charge in [-0.25, -0.2) is 9.82 Å². The van der Waals surface area contributed by atoms with Crippen molar-refractivity contribution in [3.05, 3.63) is 53.8 Å². The largest absolute Gasteiger partial charge is 0.493 e. The Hall–Kier alpha value is -3.42. The lowest BCUT2D eigenvalue weighted by Crippen LogP contribution is -2.20. The van der Waals surface area contributed by atoms with Crippen LogP contribution in [0.3, 0.4) is 0 Å². The maximum Gasteiger partial charge on any atom is 0.262 e. The van der Waals surface area contributed by atoms with Gasteiger partial charge < -0.3 is 14.8 Å². The van der Waals surface area contributed by atoms with Gasteiger partial charge >= 0.3 is 0 Å². The summed E-state index contributed by atoms with van der Waals surface area (Å²) in [5.41, 5.74) is 3.26. The average molecular weight is 359 g/mol. The quantitative estimate of drug-likeness (QED) is 0.586. The number of nitrogens with one attached hydrogen (secondary N) is 2. The van der Waals surface area contributed by atoms with Gasteiger partial charge in [0.1, 0.15) is 5.82 Å². The number of para-hydroxylation sites is 1. The van der Waals surface area contributed by atoms with E-state index in [1.165, 1.54) is 44.5 Å². The Morgan fingerprint density at radius 2 is 1.92 bits per heavy atom. The van der Waals surface area contributed by atoms with Gasteiger partial charge in [0.15, 0.2) is 18.1 Å². The Morgan fingerprint density at radius 1 is 1.19 bits per heavy atom. The molecule has 136 valence electrons. The number of rotatable bonds is 7. The number of hydrazone groups is 1. The highest BCUT2D eigenvalue weighted by molar-refractivity contribution is 5.92. The molecule has 2 N–H and O–H groups in total. The fourth-order valence-corrected chi connectivity index (χ4v) is 2.01. The Morgan fingerprint density at radius 3 is 2.58 bits per heavy atom. The van der Waals surface area contributed by atoms with Crippen molar-refractivity contribution in [2.75, 3.05) is 19.0 Å². The molecule has 0 heterocycles. The normalized spacial score (nSPS) is 10.4. The molecule has 0 atom stereocenters. The highest BCUT2D eigenvalue weighted by Gasteiger charge is 2.12. The number of amides is 2. The van der Waals surface area contributed by atoms with E-state index in [0.717, 1.165) is 0 Å². The van der Waals surface area contributed by atoms with Gasteiger partial charge in [-0.05, 0) is 36.4 Å². The zero-order valence-electron chi connectivity index (χ0n) is 14.3. The number of anilines is 1. The Bertz CT molecular complexity index is 807. The van der Waals surface area contributed by atoms with Crippen molar-refractivity contribution in [2.24, 2.45) is 5.10 Å². The minimum absolute atomic E-state index is 0.293. The first-order valence-corrected chi connectivity index (χ1v) is 7.64. The number of halogens is 1. The Labute approximate surface area is 149 Å². The fourth-order valence-electron chi connectivity index (χ4n) is 2.01. The summed E-state index contributed by atoms with van der Waals surface area (Å²) in [5.74, 6) is -0.418. The van der Waals surface area contributed by atoms with Crippen LogP contribution in [0.25, 0.3) is 0 Å². The molecule has 26 heavy (non-hydrogen) atoms. The summed E-state index contributed by atoms with van der Waals surface area (Å²) in [6, 6.07) is 10.5. The summed E-state index contributed by atoms with van der Waals surface area (Å²) in [7, 11) is 1.47. The monoisotopic (exact) mass is 359 g/mol. The third kappa shape index (κ3) is 5.59. The molecule has 0 radical (unpaired) electrons. The average Bonchev–Trinajstić information content (AvgIpc) is 2.62. The molecule has 0 saturated heterocycles. The number of benzene rings is 2. The molecule has 7 nitrogen and oxygen atoms in total. The second-order valence-corrected chi connectivity index (χ2v) is 5.15. The minimum atomic E-state index is -0.424. The second-order valence-electron chi connectivity index (χ2n) is 5.15. The smallest absolute Gasteiger partial charge is 0.262 e. The molecule has 0 saturated carbocycles. The van der Waals surface area contributed by atoms with Crippen molar-refractivity contribution in [3.8, 4) is 11.5 Å². The molecule has 2 aromatic carbocycles. The number of carbonyl (C=O) groups is 2. The Kier molecular flexibility index (Phi) is 6.67. The van der Waals surface area contributed by atoms with E-state index in [1.807, 2.05) is 0 Å². The predicted molar refractivity (Wildman–Crippen MR) is 94.9 cm³/mol. The van der Waals surface area contributed by atoms with Crippen LogP contribution in [0, 0.1) is 5.82 Å². The van der Waals surface area contributed by atoms with Gasteiger partial charge in [-0.2, -0.15) is 5.10 Å². The fraction of sp³-hybridized carbons (Fsp3) is 0.167. The van der Waals surface area contributed by atoms with Gasteiger partial charge in [-0.1, -0.05) is 6.07 Å². The predicted octanol–water partition coefficient (Wildman–Crippen LogP) is 2.32. The Balaban J connectivity index is 2.06. The lowest BCUT2D eigenvalue weighted by Gasteiger charge is -2.13. The van der Waals surface area contributed by atoms with Crippen LogP contribution in [0.15, 0.2) is 47.6 Å². The van der Waals surface area contributed by atoms with Crippen molar-refractivity contribution >= 4 is 23.7 Å². The van der Waals surface area contributed by atoms with E-state index in [1.54, 1.807) is 18.2 Å². The number of hydrogen-bond acceptors (Lipinski definition) is 5. The highest BCUT2D eigenvalue weighted by atomic mass is 19.1. The highest BCUT2D eigenvalue weighted by Crippen LogP contribution is 2.30. The number of nitrogens with zero attached hydrogens (tertiary/aromatic N) is 1. The summed E-state index contributed by atoms with van der Waals surface area (Å²) < 4.78 is 23.7. The van der Waals surface area contributed by atoms with E-state index in [9.17, 15) is 14.0 Å². The molecule has 8 heteroatoms. The summed E-state index contributed by atoms with van der Waals surface area (Å²) in [5, 5.41) is 6.38. The van der Waals surface area contributed by atoms with Crippen molar-refractivity contribution in [1.29, 1.82) is 0 Å². The SMILES string of the molecule is COc1cccc(/C=N\NC(C)=O)c1OCC(=O)Nc1ccc(F)cc1. The van der Waals surface area contributed by atoms with E-state index in [-0.39, 0.29) is 12.5 Å². The van der Waals surface area contributed by atoms with Gasteiger partial charge in [0.25, 0.3) is 5.91 Å². The summed E-state index contributed by atoms with van der Waals surface area (Å²) >= 11 is 0. The first kappa shape index (κ1) is 18.9. The van der Waals surface area contributed by atoms with Crippen LogP contribution in [0.4, 0.5) is 10.1 Å². The third-order valence-electron chi connectivity index (χ3n) is 3.13. The molecule has 0 aliphatic carbocycles. The molecule has 2 rings (SSSR count). The molecule has 0 aliphatic rings. The number of methoxy groups -OCH3 is 1. The molecule has 0 spiro atoms. The molecule has 2 aromatic rings. The second kappa shape index (κ2) is 9.16. The standard InChI is InChI=1S/C18H18FN3O4/c1-12(23)22-20-10-13-4-3-5-16(25-2)18(13)26-11-17(24)21-15-8-6-14(19)7-9-15/h3-10H,11H2,1-2H3,(H,21,24)(H,22,23)/b20-10-. The van der Waals surface area contributed by atoms with Crippen LogP contribution in [-0.4, -0.2) is 31.7 Å². The lowest BCUT2D eigenvalue weighted by atomic mass is 10.2. The summed E-state index contributed by atoms with van der Waals surface area (Å²) in [4.78, 5) is 22.9. The van der Waals surface area contributed by atoms with Crippen LogP contribution >= 0.6 is 0 Å². The van der Waals surface area contributed by atoms with Gasteiger partial charge in [0.2, 0.25) is 5.91 Å². The van der Waals surface area contributed by atoms with Gasteiger partial charge in [0, 0.05) is 18.2 Å². The van der Waals surface area contributed by atoms with Crippen molar-refractivity contribution in [3.63, 3.8) is 0 Å². The van der Waals surface area contributed by atoms with Gasteiger partial charge in [-0.15, -0.1) is 0 Å². The number of ether oxygens (including phenoxy) is 2. The summed E-state index contributed by atoms with van der Waals surface area (Å²) in [6.07, 6.45) is 1.39. The lowest BCUT2D eigenvalue weighted by molar-refractivity contribution is -0.119. The molecule has 0 aliphatic heterocycles. The molecule has 0 bridgehead atoms. The van der Waals surface area contributed by atoms with Crippen LogP contribution in [-0.2, 0) is 9.59 Å². The van der Waals surface area contributed by atoms with Crippen LogP contribution in [0.2, 0.25) is 0 Å². The van der Waals surface area contributed by atoms with Crippen LogP contribution in [0.5, 0.6) is 11.5 Å². The van der Waals surface area contributed by atoms with Crippen molar-refractivity contribution < 1.29 is 23.5 Å². The van der Waals surface area contributed by atoms with Crippen molar-refractivity contribution in [2.45, 2.75) is 6.92 Å². The maximum atomic E-state index is 12.9. The zero-order valence-corrected chi connectivity index (χ0v) is 14.3. The molecule has 0 aromatic heterocycles. The summed E-state index contributed by atoms with van der Waals surface area (Å²) in [6.45, 7) is 1.04. The van der Waals surface area contributed by atoms with Crippen molar-refractivity contribution in [1.82, 2.24) is 5.43 Å². The number of hydrogen-bond donors (Lipinski definition) is 2. The van der Waals surface area contributed by atoms with E-state index in [0.29, 0.717) is 22.7 Å². The van der Waals surface area contributed by atoms with E-state index in [4.69, 9.17) is 9.47 Å². The van der Waals surface area contributed by atoms with Gasteiger partial charge in [0.05, 0.1) is 13.3 Å². The van der Waals surface area contributed by atoms with E-state index < -0.39 is 11.7 Å². The van der Waals surface area contributed by atoms with Gasteiger partial charge in [-0.3, -0.25) is 9.59 Å². The van der Waals surface area contributed by atoms with E-state index in [2.05, 4.69) is 15.8 Å². The molecule has 0 unspecified atom stereocenters. The first-order valence-electron chi connectivity index (χ1n) is 7.64. The molecular weight excluding hydrogens is 341 g/mol. The molecule has 2 amide bonds. The number of carbonyl (C=O) groups excluding carboxylic acids is 2. The molecular formula is C18H18FN3O4. The van der Waals surface area contributed by atoms with E-state index >= 15 is 0 Å². The maximum absolute atomic E-state index is 12.9. The van der Waals surface area contributed by atoms with Crippen LogP contribution < -0.4 is 20.2 Å².